The number of rotatable bonds is 4. The molecule has 0 N–H and O–H groups in total. The van der Waals surface area contributed by atoms with Gasteiger partial charge in [-0.25, -0.2) is 4.39 Å². The van der Waals surface area contributed by atoms with Gasteiger partial charge in [0, 0.05) is 6.42 Å². The monoisotopic (exact) mass is 249 g/mol. The van der Waals surface area contributed by atoms with Gasteiger partial charge >= 0.3 is 0 Å². The fourth-order valence-corrected chi connectivity index (χ4v) is 2.72. The minimum absolute atomic E-state index is 0.167. The number of aldehydes is 1. The Morgan fingerprint density at radius 3 is 2.72 bits per heavy atom. The second-order valence-corrected chi connectivity index (χ2v) is 4.90. The van der Waals surface area contributed by atoms with Crippen LogP contribution in [0.25, 0.3) is 0 Å². The highest BCUT2D eigenvalue weighted by Crippen LogP contribution is 2.30. The normalized spacial score (nSPS) is 17.9. The van der Waals surface area contributed by atoms with Gasteiger partial charge in [0.25, 0.3) is 0 Å². The molecule has 2 nitrogen and oxygen atoms in total. The van der Waals surface area contributed by atoms with Gasteiger partial charge in [0.15, 0.2) is 0 Å². The van der Waals surface area contributed by atoms with Crippen LogP contribution in [-0.2, 0) is 11.2 Å². The molecule has 2 rings (SSSR count). The summed E-state index contributed by atoms with van der Waals surface area (Å²) >= 11 is 0. The predicted molar refractivity (Wildman–Crippen MR) is 70.3 cm³/mol. The Balaban J connectivity index is 2.14. The van der Waals surface area contributed by atoms with Crippen LogP contribution in [0.3, 0.4) is 0 Å². The van der Waals surface area contributed by atoms with Gasteiger partial charge in [-0.2, -0.15) is 0 Å². The molecule has 1 aliphatic rings. The number of piperidine rings is 1. The molecule has 0 saturated carbocycles. The summed E-state index contributed by atoms with van der Waals surface area (Å²) in [6, 6.07) is 5.44. The number of carbonyl (C=O) groups excluding carboxylic acids is 1. The molecule has 0 spiro atoms. The van der Waals surface area contributed by atoms with Crippen molar-refractivity contribution in [2.45, 2.75) is 32.1 Å². The molecule has 1 aromatic rings. The van der Waals surface area contributed by atoms with Gasteiger partial charge in [0.05, 0.1) is 0 Å². The molecule has 3 heteroatoms. The highest BCUT2D eigenvalue weighted by atomic mass is 19.1. The van der Waals surface area contributed by atoms with Gasteiger partial charge in [0.1, 0.15) is 12.1 Å². The molecule has 0 amide bonds. The van der Waals surface area contributed by atoms with E-state index in [0.717, 1.165) is 44.3 Å². The number of likely N-dealkylation sites (tertiary alicyclic amines) is 1. The Morgan fingerprint density at radius 2 is 2.11 bits per heavy atom. The lowest BCUT2D eigenvalue weighted by molar-refractivity contribution is -0.107. The summed E-state index contributed by atoms with van der Waals surface area (Å²) in [5.74, 6) is 0.138. The van der Waals surface area contributed by atoms with E-state index in [1.54, 1.807) is 6.07 Å². The lowest BCUT2D eigenvalue weighted by Gasteiger charge is -2.31. The largest absolute Gasteiger partial charge is 0.304 e. The van der Waals surface area contributed by atoms with Crippen LogP contribution in [0.4, 0.5) is 4.39 Å². The number of hydrogen-bond donors (Lipinski definition) is 0. The molecule has 18 heavy (non-hydrogen) atoms. The first-order valence-corrected chi connectivity index (χ1v) is 6.69. The highest BCUT2D eigenvalue weighted by Gasteiger charge is 2.22. The van der Waals surface area contributed by atoms with E-state index in [1.807, 2.05) is 12.1 Å². The van der Waals surface area contributed by atoms with E-state index in [-0.39, 0.29) is 12.2 Å². The Bertz CT molecular complexity index is 411. The summed E-state index contributed by atoms with van der Waals surface area (Å²) in [6.45, 7) is 5.31. The van der Waals surface area contributed by atoms with Crippen molar-refractivity contribution in [3.63, 3.8) is 0 Å². The zero-order valence-corrected chi connectivity index (χ0v) is 10.9. The maximum Gasteiger partial charge on any atom is 0.130 e. The topological polar surface area (TPSA) is 20.3 Å². The molecule has 1 aromatic carbocycles. The van der Waals surface area contributed by atoms with Crippen LogP contribution in [0.1, 0.15) is 36.8 Å². The Hall–Kier alpha value is -1.22. The Morgan fingerprint density at radius 1 is 1.39 bits per heavy atom. The van der Waals surface area contributed by atoms with E-state index >= 15 is 0 Å². The zero-order valence-electron chi connectivity index (χ0n) is 10.9. The molecule has 0 aliphatic carbocycles. The second kappa shape index (κ2) is 6.10. The SMILES string of the molecule is CCN1CCC(c2cccc(CC=O)c2F)CC1. The van der Waals surface area contributed by atoms with Crippen molar-refractivity contribution in [3.8, 4) is 0 Å². The molecule has 0 bridgehead atoms. The lowest BCUT2D eigenvalue weighted by atomic mass is 9.88. The average Bonchev–Trinajstić information content (AvgIpc) is 2.42. The van der Waals surface area contributed by atoms with Gasteiger partial charge in [-0.05, 0) is 49.5 Å². The van der Waals surface area contributed by atoms with Gasteiger partial charge in [-0.3, -0.25) is 0 Å². The molecule has 1 heterocycles. The number of halogens is 1. The minimum atomic E-state index is -0.167. The van der Waals surface area contributed by atoms with Gasteiger partial charge in [0.2, 0.25) is 0 Å². The summed E-state index contributed by atoms with van der Waals surface area (Å²) in [6.07, 6.45) is 2.96. The zero-order chi connectivity index (χ0) is 13.0. The van der Waals surface area contributed by atoms with Crippen LogP contribution in [0, 0.1) is 5.82 Å². The van der Waals surface area contributed by atoms with Crippen molar-refractivity contribution in [2.75, 3.05) is 19.6 Å². The summed E-state index contributed by atoms with van der Waals surface area (Å²) < 4.78 is 14.3. The van der Waals surface area contributed by atoms with E-state index in [1.165, 1.54) is 0 Å². The smallest absolute Gasteiger partial charge is 0.130 e. The lowest BCUT2D eigenvalue weighted by Crippen LogP contribution is -2.32. The van der Waals surface area contributed by atoms with E-state index in [4.69, 9.17) is 0 Å². The van der Waals surface area contributed by atoms with Crippen molar-refractivity contribution in [2.24, 2.45) is 0 Å². The number of nitrogens with zero attached hydrogens (tertiary/aromatic N) is 1. The summed E-state index contributed by atoms with van der Waals surface area (Å²) in [5, 5.41) is 0. The molecule has 98 valence electrons. The van der Waals surface area contributed by atoms with E-state index < -0.39 is 0 Å². The molecule has 0 aromatic heterocycles. The van der Waals surface area contributed by atoms with Crippen LogP contribution in [0.15, 0.2) is 18.2 Å². The summed E-state index contributed by atoms with van der Waals surface area (Å²) in [4.78, 5) is 12.9. The van der Waals surface area contributed by atoms with Gasteiger partial charge in [-0.15, -0.1) is 0 Å². The third-order valence-corrected chi connectivity index (χ3v) is 3.89. The average molecular weight is 249 g/mol. The van der Waals surface area contributed by atoms with Crippen LogP contribution >= 0.6 is 0 Å². The summed E-state index contributed by atoms with van der Waals surface area (Å²) in [7, 11) is 0. The van der Waals surface area contributed by atoms with Crippen molar-refractivity contribution in [3.05, 3.63) is 35.1 Å². The predicted octanol–water partition coefficient (Wildman–Crippen LogP) is 2.77. The first kappa shape index (κ1) is 13.2. The number of benzene rings is 1. The molecule has 1 fully saturated rings. The Labute approximate surface area is 108 Å². The van der Waals surface area contributed by atoms with Crippen molar-refractivity contribution in [1.29, 1.82) is 0 Å². The van der Waals surface area contributed by atoms with Crippen molar-refractivity contribution >= 4 is 6.29 Å². The molecule has 1 aliphatic heterocycles. The van der Waals surface area contributed by atoms with Crippen molar-refractivity contribution < 1.29 is 9.18 Å². The van der Waals surface area contributed by atoms with Gasteiger partial charge < -0.3 is 9.69 Å². The summed E-state index contributed by atoms with van der Waals surface area (Å²) in [5.41, 5.74) is 1.32. The molecular formula is C15H20FNO. The van der Waals surface area contributed by atoms with E-state index in [0.29, 0.717) is 11.5 Å². The third-order valence-electron chi connectivity index (χ3n) is 3.89. The molecule has 0 unspecified atom stereocenters. The first-order valence-electron chi connectivity index (χ1n) is 6.69. The third kappa shape index (κ3) is 2.78. The van der Waals surface area contributed by atoms with Crippen LogP contribution in [0.2, 0.25) is 0 Å². The number of carbonyl (C=O) groups is 1. The minimum Gasteiger partial charge on any atom is -0.304 e. The molecule has 0 radical (unpaired) electrons. The van der Waals surface area contributed by atoms with E-state index in [9.17, 15) is 9.18 Å². The van der Waals surface area contributed by atoms with Crippen LogP contribution in [0.5, 0.6) is 0 Å². The maximum absolute atomic E-state index is 14.3. The molecule has 0 atom stereocenters. The van der Waals surface area contributed by atoms with Gasteiger partial charge in [-0.1, -0.05) is 25.1 Å². The molecular weight excluding hydrogens is 229 g/mol. The fourth-order valence-electron chi connectivity index (χ4n) is 2.72. The number of hydrogen-bond acceptors (Lipinski definition) is 2. The standard InChI is InChI=1S/C15H20FNO/c1-2-17-9-6-12(7-10-17)14-5-3-4-13(8-11-18)15(14)16/h3-5,11-12H,2,6-10H2,1H3. The van der Waals surface area contributed by atoms with Crippen molar-refractivity contribution in [1.82, 2.24) is 4.90 Å². The second-order valence-electron chi connectivity index (χ2n) is 4.90. The Kier molecular flexibility index (Phi) is 4.48. The van der Waals surface area contributed by atoms with Crippen LogP contribution < -0.4 is 0 Å². The maximum atomic E-state index is 14.3. The first-order chi connectivity index (χ1) is 8.76. The highest BCUT2D eigenvalue weighted by molar-refractivity contribution is 5.55. The van der Waals surface area contributed by atoms with Crippen LogP contribution in [-0.4, -0.2) is 30.8 Å². The quantitative estimate of drug-likeness (QED) is 0.765. The fraction of sp³-hybridized carbons (Fsp3) is 0.533. The molecule has 1 saturated heterocycles. The van der Waals surface area contributed by atoms with E-state index in [2.05, 4.69) is 11.8 Å².